The fourth-order valence-electron chi connectivity index (χ4n) is 3.51. The highest BCUT2D eigenvalue weighted by atomic mass is 35.5. The minimum absolute atomic E-state index is 0.231. The zero-order chi connectivity index (χ0) is 22.9. The fraction of sp³-hybridized carbons (Fsp3) is 0.0417. The van der Waals surface area contributed by atoms with Crippen LogP contribution in [0.5, 0.6) is 0 Å². The van der Waals surface area contributed by atoms with Crippen LogP contribution < -0.4 is 10.9 Å². The quantitative estimate of drug-likeness (QED) is 0.289. The lowest BCUT2D eigenvalue weighted by Gasteiger charge is -2.15. The molecule has 5 rings (SSSR count). The van der Waals surface area contributed by atoms with Gasteiger partial charge in [0, 0.05) is 15.7 Å². The molecule has 0 aliphatic rings. The Kier molecular flexibility index (Phi) is 5.85. The van der Waals surface area contributed by atoms with E-state index in [1.165, 1.54) is 16.3 Å². The predicted molar refractivity (Wildman–Crippen MR) is 136 cm³/mol. The Morgan fingerprint density at radius 1 is 0.848 bits per heavy atom. The molecular weight excluding hydrogens is 477 g/mol. The average molecular weight is 494 g/mol. The first-order valence-electron chi connectivity index (χ1n) is 9.99. The van der Waals surface area contributed by atoms with E-state index in [2.05, 4.69) is 10.4 Å². The summed E-state index contributed by atoms with van der Waals surface area (Å²) >= 11 is 13.5. The number of benzene rings is 3. The van der Waals surface area contributed by atoms with E-state index in [1.807, 2.05) is 48.7 Å². The van der Waals surface area contributed by atoms with E-state index in [1.54, 1.807) is 41.1 Å². The summed E-state index contributed by atoms with van der Waals surface area (Å²) in [6.07, 6.45) is 1.89. The Morgan fingerprint density at radius 2 is 1.48 bits per heavy atom. The van der Waals surface area contributed by atoms with Crippen molar-refractivity contribution < 1.29 is 0 Å². The number of aromatic nitrogens is 4. The van der Waals surface area contributed by atoms with Crippen LogP contribution in [0, 0.1) is 0 Å². The van der Waals surface area contributed by atoms with E-state index in [0.717, 1.165) is 11.4 Å². The van der Waals surface area contributed by atoms with Crippen molar-refractivity contribution in [2.45, 2.75) is 5.03 Å². The number of para-hydroxylation sites is 1. The number of nitrogens with zero attached hydrogens (tertiary/aromatic N) is 4. The van der Waals surface area contributed by atoms with Crippen molar-refractivity contribution in [3.8, 4) is 11.4 Å². The lowest BCUT2D eigenvalue weighted by Crippen LogP contribution is -2.23. The van der Waals surface area contributed by atoms with Crippen LogP contribution in [0.2, 0.25) is 10.0 Å². The second-order valence-corrected chi connectivity index (χ2v) is 8.81. The Morgan fingerprint density at radius 3 is 2.12 bits per heavy atom. The van der Waals surface area contributed by atoms with E-state index in [-0.39, 0.29) is 5.56 Å². The second-order valence-electron chi connectivity index (χ2n) is 7.14. The van der Waals surface area contributed by atoms with Gasteiger partial charge in [-0.15, -0.1) is 11.8 Å². The maximum atomic E-state index is 13.9. The molecule has 0 bridgehead atoms. The Bertz CT molecular complexity index is 1500. The summed E-state index contributed by atoms with van der Waals surface area (Å²) in [5.41, 5.74) is 2.43. The summed E-state index contributed by atoms with van der Waals surface area (Å²) in [7, 11) is 0. The zero-order valence-electron chi connectivity index (χ0n) is 17.4. The SMILES string of the molecule is CSc1nn(-c2ccccc2)c2nc(Nc3ccc(Cl)cc3)n(-c3ccc(Cl)cc3)c(=O)c12. The fourth-order valence-corrected chi connectivity index (χ4v) is 4.30. The van der Waals surface area contributed by atoms with Crippen molar-refractivity contribution in [2.24, 2.45) is 0 Å². The van der Waals surface area contributed by atoms with Gasteiger partial charge in [0.05, 0.1) is 11.4 Å². The summed E-state index contributed by atoms with van der Waals surface area (Å²) < 4.78 is 3.23. The van der Waals surface area contributed by atoms with Gasteiger partial charge in [0.1, 0.15) is 10.4 Å². The number of anilines is 2. The molecule has 3 aromatic carbocycles. The minimum atomic E-state index is -0.231. The van der Waals surface area contributed by atoms with Gasteiger partial charge in [-0.2, -0.15) is 10.1 Å². The average Bonchev–Trinajstić information content (AvgIpc) is 3.21. The summed E-state index contributed by atoms with van der Waals surface area (Å²) in [5.74, 6) is 0.349. The molecule has 0 aliphatic heterocycles. The van der Waals surface area contributed by atoms with Gasteiger partial charge in [0.15, 0.2) is 5.65 Å². The first-order chi connectivity index (χ1) is 16.0. The Balaban J connectivity index is 1.81. The molecule has 0 unspecified atom stereocenters. The van der Waals surface area contributed by atoms with Crippen LogP contribution in [0.15, 0.2) is 88.7 Å². The number of hydrogen-bond acceptors (Lipinski definition) is 5. The lowest BCUT2D eigenvalue weighted by molar-refractivity contribution is 0.851. The summed E-state index contributed by atoms with van der Waals surface area (Å²) in [6.45, 7) is 0. The van der Waals surface area contributed by atoms with Gasteiger partial charge < -0.3 is 5.32 Å². The van der Waals surface area contributed by atoms with E-state index in [0.29, 0.717) is 37.7 Å². The van der Waals surface area contributed by atoms with Gasteiger partial charge in [-0.3, -0.25) is 4.79 Å². The monoisotopic (exact) mass is 493 g/mol. The van der Waals surface area contributed by atoms with Gasteiger partial charge in [-0.25, -0.2) is 9.25 Å². The number of rotatable bonds is 5. The first-order valence-corrected chi connectivity index (χ1v) is 12.0. The topological polar surface area (TPSA) is 64.7 Å². The number of thioether (sulfide) groups is 1. The van der Waals surface area contributed by atoms with Gasteiger partial charge in [0.25, 0.3) is 5.56 Å². The molecule has 2 heterocycles. The molecule has 164 valence electrons. The molecule has 1 N–H and O–H groups in total. The highest BCUT2D eigenvalue weighted by Crippen LogP contribution is 2.28. The molecule has 0 spiro atoms. The molecule has 0 saturated heterocycles. The van der Waals surface area contributed by atoms with Gasteiger partial charge in [0.2, 0.25) is 5.95 Å². The molecule has 9 heteroatoms. The number of fused-ring (bicyclic) bond motifs is 1. The van der Waals surface area contributed by atoms with Crippen LogP contribution in [0.3, 0.4) is 0 Å². The molecule has 0 amide bonds. The van der Waals surface area contributed by atoms with Crippen molar-refractivity contribution in [1.82, 2.24) is 19.3 Å². The molecule has 2 aromatic heterocycles. The second kappa shape index (κ2) is 8.94. The van der Waals surface area contributed by atoms with Gasteiger partial charge >= 0.3 is 0 Å². The molecule has 0 aliphatic carbocycles. The zero-order valence-corrected chi connectivity index (χ0v) is 19.7. The van der Waals surface area contributed by atoms with E-state index < -0.39 is 0 Å². The van der Waals surface area contributed by atoms with Gasteiger partial charge in [-0.1, -0.05) is 41.4 Å². The van der Waals surface area contributed by atoms with E-state index in [9.17, 15) is 4.79 Å². The molecule has 5 aromatic rings. The number of nitrogens with one attached hydrogen (secondary N) is 1. The van der Waals surface area contributed by atoms with Crippen LogP contribution in [-0.4, -0.2) is 25.6 Å². The molecule has 0 atom stereocenters. The normalized spacial score (nSPS) is 11.1. The predicted octanol–water partition coefficient (Wildman–Crippen LogP) is 6.34. The van der Waals surface area contributed by atoms with Crippen molar-refractivity contribution >= 4 is 57.6 Å². The lowest BCUT2D eigenvalue weighted by atomic mass is 10.3. The van der Waals surface area contributed by atoms with Crippen LogP contribution in [0.4, 0.5) is 11.6 Å². The van der Waals surface area contributed by atoms with Crippen LogP contribution in [0.25, 0.3) is 22.4 Å². The Hall–Kier alpha value is -3.26. The molecule has 33 heavy (non-hydrogen) atoms. The maximum Gasteiger partial charge on any atom is 0.271 e. The maximum absolute atomic E-state index is 13.9. The molecule has 0 saturated carbocycles. The molecule has 0 fully saturated rings. The van der Waals surface area contributed by atoms with Crippen LogP contribution in [0.1, 0.15) is 0 Å². The van der Waals surface area contributed by atoms with Crippen molar-refractivity contribution in [1.29, 1.82) is 0 Å². The smallest absolute Gasteiger partial charge is 0.271 e. The van der Waals surface area contributed by atoms with E-state index in [4.69, 9.17) is 28.2 Å². The van der Waals surface area contributed by atoms with Crippen LogP contribution in [-0.2, 0) is 0 Å². The highest BCUT2D eigenvalue weighted by Gasteiger charge is 2.21. The summed E-state index contributed by atoms with van der Waals surface area (Å²) in [4.78, 5) is 18.7. The highest BCUT2D eigenvalue weighted by molar-refractivity contribution is 7.98. The summed E-state index contributed by atoms with van der Waals surface area (Å²) in [5, 5.41) is 10.2. The van der Waals surface area contributed by atoms with Gasteiger partial charge in [-0.05, 0) is 66.9 Å². The third kappa shape index (κ3) is 4.11. The van der Waals surface area contributed by atoms with Crippen molar-refractivity contribution in [3.05, 3.63) is 99.3 Å². The van der Waals surface area contributed by atoms with Crippen molar-refractivity contribution in [3.63, 3.8) is 0 Å². The third-order valence-electron chi connectivity index (χ3n) is 5.05. The number of hydrogen-bond donors (Lipinski definition) is 1. The van der Waals surface area contributed by atoms with Crippen LogP contribution >= 0.6 is 35.0 Å². The first kappa shape index (κ1) is 21.6. The largest absolute Gasteiger partial charge is 0.325 e. The minimum Gasteiger partial charge on any atom is -0.325 e. The Labute approximate surface area is 203 Å². The molecule has 6 nitrogen and oxygen atoms in total. The van der Waals surface area contributed by atoms with E-state index >= 15 is 0 Å². The third-order valence-corrected chi connectivity index (χ3v) is 6.23. The number of halogens is 2. The molecule has 0 radical (unpaired) electrons. The summed E-state index contributed by atoms with van der Waals surface area (Å²) in [6, 6.07) is 23.9. The molecular formula is C24H17Cl2N5OS. The standard InChI is InChI=1S/C24H17Cl2N5OS/c1-33-22-20-21(31(29-22)19-5-3-2-4-6-19)28-24(27-17-11-7-15(25)8-12-17)30(23(20)32)18-13-9-16(26)10-14-18/h2-14H,1H3,(H,27,28). The van der Waals surface area contributed by atoms with Crippen molar-refractivity contribution in [2.75, 3.05) is 11.6 Å².